The van der Waals surface area contributed by atoms with E-state index in [-0.39, 0.29) is 17.6 Å². The van der Waals surface area contributed by atoms with Crippen LogP contribution in [0.5, 0.6) is 0 Å². The number of carbonyl (C=O) groups excluding carboxylic acids is 1. The molecule has 0 aromatic heterocycles. The lowest BCUT2D eigenvalue weighted by Gasteiger charge is -2.23. The summed E-state index contributed by atoms with van der Waals surface area (Å²) in [5, 5.41) is 6.12. The van der Waals surface area contributed by atoms with Gasteiger partial charge in [0.2, 0.25) is 5.91 Å². The van der Waals surface area contributed by atoms with Gasteiger partial charge in [0.05, 0.1) is 18.1 Å². The first-order valence-corrected chi connectivity index (χ1v) is 9.08. The molecule has 2 fully saturated rings. The SMILES string of the molecule is O=C(CNCC1CCS(=O)(=O)C1)NC1CCCCC1. The van der Waals surface area contributed by atoms with Crippen molar-refractivity contribution in [2.45, 2.75) is 44.6 Å². The Labute approximate surface area is 115 Å². The van der Waals surface area contributed by atoms with E-state index in [1.807, 2.05) is 0 Å². The first-order chi connectivity index (χ1) is 9.05. The van der Waals surface area contributed by atoms with Crippen LogP contribution in [0.2, 0.25) is 0 Å². The van der Waals surface area contributed by atoms with Crippen LogP contribution in [0.15, 0.2) is 0 Å². The van der Waals surface area contributed by atoms with Crippen LogP contribution in [0.1, 0.15) is 38.5 Å². The molecule has 1 aliphatic heterocycles. The van der Waals surface area contributed by atoms with Gasteiger partial charge in [-0.3, -0.25) is 4.79 Å². The van der Waals surface area contributed by atoms with Crippen LogP contribution < -0.4 is 10.6 Å². The van der Waals surface area contributed by atoms with E-state index < -0.39 is 9.84 Å². The van der Waals surface area contributed by atoms with E-state index in [4.69, 9.17) is 0 Å². The second kappa shape index (κ2) is 6.70. The van der Waals surface area contributed by atoms with E-state index >= 15 is 0 Å². The quantitative estimate of drug-likeness (QED) is 0.770. The number of amides is 1. The van der Waals surface area contributed by atoms with Gasteiger partial charge in [-0.1, -0.05) is 19.3 Å². The molecule has 0 bridgehead atoms. The second-order valence-electron chi connectivity index (χ2n) is 5.80. The number of rotatable bonds is 5. The number of carbonyl (C=O) groups is 1. The summed E-state index contributed by atoms with van der Waals surface area (Å²) in [6, 6.07) is 0.343. The maximum Gasteiger partial charge on any atom is 0.234 e. The van der Waals surface area contributed by atoms with Gasteiger partial charge in [0.25, 0.3) is 0 Å². The molecule has 1 amide bonds. The third kappa shape index (κ3) is 5.10. The van der Waals surface area contributed by atoms with Crippen molar-refractivity contribution in [3.63, 3.8) is 0 Å². The Morgan fingerprint density at radius 3 is 2.47 bits per heavy atom. The van der Waals surface area contributed by atoms with Crippen LogP contribution in [0, 0.1) is 5.92 Å². The average molecular weight is 288 g/mol. The van der Waals surface area contributed by atoms with Crippen molar-refractivity contribution in [1.29, 1.82) is 0 Å². The van der Waals surface area contributed by atoms with Gasteiger partial charge in [-0.25, -0.2) is 8.42 Å². The van der Waals surface area contributed by atoms with Crippen molar-refractivity contribution in [2.24, 2.45) is 5.92 Å². The van der Waals surface area contributed by atoms with Gasteiger partial charge in [-0.15, -0.1) is 0 Å². The molecule has 1 heterocycles. The molecule has 2 N–H and O–H groups in total. The number of sulfone groups is 1. The highest BCUT2D eigenvalue weighted by molar-refractivity contribution is 7.91. The predicted molar refractivity (Wildman–Crippen MR) is 74.6 cm³/mol. The standard InChI is InChI=1S/C13H24N2O3S/c16-13(15-12-4-2-1-3-5-12)9-14-8-11-6-7-19(17,18)10-11/h11-12,14H,1-10H2,(H,15,16). The van der Waals surface area contributed by atoms with E-state index in [1.54, 1.807) is 0 Å². The average Bonchev–Trinajstić information content (AvgIpc) is 2.70. The molecule has 1 aliphatic carbocycles. The molecule has 5 nitrogen and oxygen atoms in total. The first kappa shape index (κ1) is 14.8. The molecule has 19 heavy (non-hydrogen) atoms. The molecule has 1 saturated carbocycles. The smallest absolute Gasteiger partial charge is 0.234 e. The van der Waals surface area contributed by atoms with Crippen molar-refractivity contribution in [3.05, 3.63) is 0 Å². The molecule has 2 aliphatic rings. The van der Waals surface area contributed by atoms with Crippen molar-refractivity contribution in [1.82, 2.24) is 10.6 Å². The second-order valence-corrected chi connectivity index (χ2v) is 8.03. The highest BCUT2D eigenvalue weighted by Gasteiger charge is 2.27. The molecule has 110 valence electrons. The normalized spacial score (nSPS) is 27.3. The van der Waals surface area contributed by atoms with Gasteiger partial charge < -0.3 is 10.6 Å². The summed E-state index contributed by atoms with van der Waals surface area (Å²) in [7, 11) is -2.81. The molecule has 6 heteroatoms. The van der Waals surface area contributed by atoms with Gasteiger partial charge in [-0.2, -0.15) is 0 Å². The maximum atomic E-state index is 11.7. The van der Waals surface area contributed by atoms with Crippen LogP contribution in [-0.4, -0.2) is 45.0 Å². The Hall–Kier alpha value is -0.620. The lowest BCUT2D eigenvalue weighted by atomic mass is 9.95. The van der Waals surface area contributed by atoms with E-state index in [0.29, 0.717) is 24.9 Å². The van der Waals surface area contributed by atoms with Crippen LogP contribution in [0.25, 0.3) is 0 Å². The van der Waals surface area contributed by atoms with Crippen LogP contribution >= 0.6 is 0 Å². The zero-order valence-electron chi connectivity index (χ0n) is 11.4. The zero-order valence-corrected chi connectivity index (χ0v) is 12.2. The lowest BCUT2D eigenvalue weighted by molar-refractivity contribution is -0.121. The van der Waals surface area contributed by atoms with Gasteiger partial charge >= 0.3 is 0 Å². The van der Waals surface area contributed by atoms with E-state index in [1.165, 1.54) is 19.3 Å². The minimum absolute atomic E-state index is 0.0350. The molecule has 0 spiro atoms. The Kier molecular flexibility index (Phi) is 5.21. The Morgan fingerprint density at radius 2 is 1.84 bits per heavy atom. The van der Waals surface area contributed by atoms with Crippen LogP contribution in [0.4, 0.5) is 0 Å². The Morgan fingerprint density at radius 1 is 1.11 bits per heavy atom. The summed E-state index contributed by atoms with van der Waals surface area (Å²) in [5.74, 6) is 0.776. The number of nitrogens with one attached hydrogen (secondary N) is 2. The van der Waals surface area contributed by atoms with Crippen LogP contribution in [0.3, 0.4) is 0 Å². The topological polar surface area (TPSA) is 75.3 Å². The van der Waals surface area contributed by atoms with E-state index in [9.17, 15) is 13.2 Å². The fraction of sp³-hybridized carbons (Fsp3) is 0.923. The van der Waals surface area contributed by atoms with Gasteiger partial charge in [-0.05, 0) is 31.7 Å². The molecule has 1 atom stereocenters. The summed E-state index contributed by atoms with van der Waals surface area (Å²) in [5.41, 5.74) is 0. The van der Waals surface area contributed by atoms with Crippen molar-refractivity contribution < 1.29 is 13.2 Å². The maximum absolute atomic E-state index is 11.7. The van der Waals surface area contributed by atoms with Gasteiger partial charge in [0.1, 0.15) is 0 Å². The van der Waals surface area contributed by atoms with Gasteiger partial charge in [0.15, 0.2) is 9.84 Å². The molecule has 2 rings (SSSR count). The summed E-state index contributed by atoms with van der Waals surface area (Å²) < 4.78 is 22.6. The molecule has 0 radical (unpaired) electrons. The monoisotopic (exact) mass is 288 g/mol. The van der Waals surface area contributed by atoms with E-state index in [0.717, 1.165) is 19.3 Å². The molecule has 0 aromatic carbocycles. The summed E-state index contributed by atoms with van der Waals surface area (Å²) >= 11 is 0. The fourth-order valence-corrected chi connectivity index (χ4v) is 4.81. The lowest BCUT2D eigenvalue weighted by Crippen LogP contribution is -2.42. The number of hydrogen-bond donors (Lipinski definition) is 2. The molecular weight excluding hydrogens is 264 g/mol. The largest absolute Gasteiger partial charge is 0.352 e. The molecule has 0 aromatic rings. The Balaban J connectivity index is 1.59. The highest BCUT2D eigenvalue weighted by Crippen LogP contribution is 2.18. The van der Waals surface area contributed by atoms with E-state index in [2.05, 4.69) is 10.6 Å². The van der Waals surface area contributed by atoms with Crippen LogP contribution in [-0.2, 0) is 14.6 Å². The third-order valence-electron chi connectivity index (χ3n) is 4.02. The van der Waals surface area contributed by atoms with Crippen molar-refractivity contribution in [2.75, 3.05) is 24.6 Å². The predicted octanol–water partition coefficient (Wildman–Crippen LogP) is 0.460. The zero-order chi connectivity index (χ0) is 13.7. The highest BCUT2D eigenvalue weighted by atomic mass is 32.2. The molecular formula is C13H24N2O3S. The summed E-state index contributed by atoms with van der Waals surface area (Å²) in [4.78, 5) is 11.7. The first-order valence-electron chi connectivity index (χ1n) is 7.26. The summed E-state index contributed by atoms with van der Waals surface area (Å²) in [6.45, 7) is 0.921. The molecule has 1 saturated heterocycles. The van der Waals surface area contributed by atoms with Crippen molar-refractivity contribution >= 4 is 15.7 Å². The Bertz CT molecular complexity index is 402. The molecule has 1 unspecified atom stereocenters. The third-order valence-corrected chi connectivity index (χ3v) is 5.85. The fourth-order valence-electron chi connectivity index (χ4n) is 2.95. The summed E-state index contributed by atoms with van der Waals surface area (Å²) in [6.07, 6.45) is 6.59. The minimum Gasteiger partial charge on any atom is -0.352 e. The van der Waals surface area contributed by atoms with Gasteiger partial charge in [0, 0.05) is 6.04 Å². The number of hydrogen-bond acceptors (Lipinski definition) is 4. The van der Waals surface area contributed by atoms with Crippen molar-refractivity contribution in [3.8, 4) is 0 Å². The minimum atomic E-state index is -2.81.